The highest BCUT2D eigenvalue weighted by Crippen LogP contribution is 1.98. The lowest BCUT2D eigenvalue weighted by molar-refractivity contribution is -0.123. The Morgan fingerprint density at radius 3 is 2.38 bits per heavy atom. The summed E-state index contributed by atoms with van der Waals surface area (Å²) in [4.78, 5) is 39.5. The Morgan fingerprint density at radius 2 is 1.88 bits per heavy atom. The molecule has 0 radical (unpaired) electrons. The average molecular weight is 223 g/mol. The number of carbonyl (C=O) groups excluding carboxylic acids is 1. The number of hydrogen-bond acceptors (Lipinski definition) is 3. The van der Waals surface area contributed by atoms with Gasteiger partial charge in [-0.25, -0.2) is 4.79 Å². The lowest BCUT2D eigenvalue weighted by Gasteiger charge is -2.05. The molecule has 1 aromatic rings. The molecule has 1 aromatic heterocycles. The highest BCUT2D eigenvalue weighted by Gasteiger charge is 2.03. The molecule has 1 heterocycles. The van der Waals surface area contributed by atoms with Crippen molar-refractivity contribution in [2.75, 3.05) is 14.1 Å². The number of H-pyrrole nitrogens is 2. The second kappa shape index (κ2) is 4.61. The number of nitrogens with one attached hydrogen (secondary N) is 2. The maximum Gasteiger partial charge on any atom is 0.325 e. The van der Waals surface area contributed by atoms with E-state index in [-0.39, 0.29) is 11.5 Å². The van der Waals surface area contributed by atoms with E-state index in [1.165, 1.54) is 17.1 Å². The second-order valence-corrected chi connectivity index (χ2v) is 3.51. The first kappa shape index (κ1) is 12.0. The average Bonchev–Trinajstić information content (AvgIpc) is 2.15. The van der Waals surface area contributed by atoms with Crippen LogP contribution in [0.1, 0.15) is 11.3 Å². The van der Waals surface area contributed by atoms with Crippen molar-refractivity contribution < 1.29 is 4.79 Å². The molecule has 0 aliphatic rings. The van der Waals surface area contributed by atoms with Crippen molar-refractivity contribution in [1.82, 2.24) is 14.9 Å². The van der Waals surface area contributed by atoms with Crippen LogP contribution in [0.15, 0.2) is 15.7 Å². The molecule has 0 unspecified atom stereocenters. The summed E-state index contributed by atoms with van der Waals surface area (Å²) in [5, 5.41) is 0. The first-order chi connectivity index (χ1) is 7.41. The van der Waals surface area contributed by atoms with Gasteiger partial charge < -0.3 is 9.88 Å². The number of rotatable bonds is 2. The Morgan fingerprint density at radius 1 is 1.25 bits per heavy atom. The predicted octanol–water partition coefficient (Wildman–Crippen LogP) is -0.527. The Balaban J connectivity index is 3.12. The molecule has 0 atom stereocenters. The van der Waals surface area contributed by atoms with E-state index in [0.717, 1.165) is 0 Å². The molecule has 0 saturated heterocycles. The molecule has 1 rings (SSSR count). The van der Waals surface area contributed by atoms with Crippen molar-refractivity contribution in [2.45, 2.75) is 6.92 Å². The summed E-state index contributed by atoms with van der Waals surface area (Å²) in [6, 6.07) is 0. The molecule has 16 heavy (non-hydrogen) atoms. The minimum atomic E-state index is -0.557. The lowest BCUT2D eigenvalue weighted by Crippen LogP contribution is -2.25. The van der Waals surface area contributed by atoms with Crippen LogP contribution in [0.25, 0.3) is 6.08 Å². The number of nitrogens with zero attached hydrogens (tertiary/aromatic N) is 1. The Labute approximate surface area is 91.6 Å². The molecule has 0 aromatic carbocycles. The van der Waals surface area contributed by atoms with Crippen molar-refractivity contribution in [3.05, 3.63) is 38.2 Å². The molecule has 2 N–H and O–H groups in total. The van der Waals surface area contributed by atoms with Gasteiger partial charge in [0.2, 0.25) is 5.91 Å². The maximum atomic E-state index is 11.4. The number of aromatic amines is 2. The fraction of sp³-hybridized carbons (Fsp3) is 0.300. The van der Waals surface area contributed by atoms with Crippen LogP contribution in [0.3, 0.4) is 0 Å². The number of carbonyl (C=O) groups is 1. The van der Waals surface area contributed by atoms with Crippen LogP contribution in [0.4, 0.5) is 0 Å². The molecule has 86 valence electrons. The van der Waals surface area contributed by atoms with Gasteiger partial charge in [-0.05, 0) is 13.0 Å². The highest BCUT2D eigenvalue weighted by atomic mass is 16.2. The molecule has 6 nitrogen and oxygen atoms in total. The Bertz CT molecular complexity index is 537. The fourth-order valence-corrected chi connectivity index (χ4v) is 1.11. The van der Waals surface area contributed by atoms with Crippen molar-refractivity contribution in [2.24, 2.45) is 0 Å². The first-order valence-corrected chi connectivity index (χ1v) is 4.64. The zero-order valence-corrected chi connectivity index (χ0v) is 9.33. The highest BCUT2D eigenvalue weighted by molar-refractivity contribution is 5.91. The van der Waals surface area contributed by atoms with E-state index in [1.54, 1.807) is 21.0 Å². The smallest absolute Gasteiger partial charge is 0.325 e. The number of likely N-dealkylation sites (N-methyl/N-ethyl adjacent to an activating group) is 1. The van der Waals surface area contributed by atoms with Crippen molar-refractivity contribution in [3.63, 3.8) is 0 Å². The van der Waals surface area contributed by atoms with E-state index in [2.05, 4.69) is 9.97 Å². The maximum absolute atomic E-state index is 11.4. The van der Waals surface area contributed by atoms with Gasteiger partial charge in [0, 0.05) is 25.9 Å². The molecule has 0 bridgehead atoms. The molecule has 0 aliphatic carbocycles. The van der Waals surface area contributed by atoms with E-state index in [0.29, 0.717) is 5.69 Å². The van der Waals surface area contributed by atoms with E-state index in [4.69, 9.17) is 0 Å². The van der Waals surface area contributed by atoms with E-state index >= 15 is 0 Å². The van der Waals surface area contributed by atoms with Gasteiger partial charge in [0.15, 0.2) is 0 Å². The zero-order chi connectivity index (χ0) is 12.3. The quantitative estimate of drug-likeness (QED) is 0.661. The molecule has 0 saturated carbocycles. The standard InChI is InChI=1S/C10H13N3O3/c1-6-7(4-5-8(14)13(2)3)9(15)12-10(16)11-6/h4-5H,1-3H3,(H2,11,12,15,16). The molecule has 6 heteroatoms. The number of hydrogen-bond donors (Lipinski definition) is 2. The van der Waals surface area contributed by atoms with Gasteiger partial charge in [-0.15, -0.1) is 0 Å². The predicted molar refractivity (Wildman–Crippen MR) is 60.1 cm³/mol. The summed E-state index contributed by atoms with van der Waals surface area (Å²) < 4.78 is 0. The molecule has 0 spiro atoms. The zero-order valence-electron chi connectivity index (χ0n) is 9.33. The number of aryl methyl sites for hydroxylation is 1. The van der Waals surface area contributed by atoms with Gasteiger partial charge in [0.25, 0.3) is 5.56 Å². The monoisotopic (exact) mass is 223 g/mol. The Kier molecular flexibility index (Phi) is 3.44. The minimum Gasteiger partial charge on any atom is -0.345 e. The van der Waals surface area contributed by atoms with Gasteiger partial charge in [0.05, 0.1) is 5.56 Å². The van der Waals surface area contributed by atoms with Crippen molar-refractivity contribution in [1.29, 1.82) is 0 Å². The third kappa shape index (κ3) is 2.69. The largest absolute Gasteiger partial charge is 0.345 e. The Hall–Kier alpha value is -2.11. The molecular weight excluding hydrogens is 210 g/mol. The summed E-state index contributed by atoms with van der Waals surface area (Å²) in [6.45, 7) is 1.59. The normalized spacial score (nSPS) is 10.7. The van der Waals surface area contributed by atoms with Gasteiger partial charge >= 0.3 is 5.69 Å². The van der Waals surface area contributed by atoms with E-state index in [9.17, 15) is 14.4 Å². The van der Waals surface area contributed by atoms with Crippen LogP contribution in [0.5, 0.6) is 0 Å². The van der Waals surface area contributed by atoms with Gasteiger partial charge in [-0.2, -0.15) is 0 Å². The van der Waals surface area contributed by atoms with E-state index in [1.807, 2.05) is 0 Å². The summed E-state index contributed by atoms with van der Waals surface area (Å²) in [6.07, 6.45) is 2.66. The molecule has 0 aliphatic heterocycles. The summed E-state index contributed by atoms with van der Waals surface area (Å²) in [5.41, 5.74) is -0.367. The van der Waals surface area contributed by atoms with Crippen LogP contribution in [0.2, 0.25) is 0 Å². The lowest BCUT2D eigenvalue weighted by atomic mass is 10.2. The van der Waals surface area contributed by atoms with Crippen LogP contribution in [-0.4, -0.2) is 34.9 Å². The summed E-state index contributed by atoms with van der Waals surface area (Å²) in [5.74, 6) is -0.231. The number of aromatic nitrogens is 2. The SMILES string of the molecule is Cc1[nH]c(=O)[nH]c(=O)c1C=CC(=O)N(C)C. The summed E-state index contributed by atoms with van der Waals surface area (Å²) >= 11 is 0. The van der Waals surface area contributed by atoms with Crippen molar-refractivity contribution in [3.8, 4) is 0 Å². The third-order valence-corrected chi connectivity index (χ3v) is 2.01. The molecular formula is C10H13N3O3. The van der Waals surface area contributed by atoms with Crippen LogP contribution >= 0.6 is 0 Å². The first-order valence-electron chi connectivity index (χ1n) is 4.64. The molecule has 1 amide bonds. The van der Waals surface area contributed by atoms with Crippen LogP contribution in [-0.2, 0) is 4.79 Å². The van der Waals surface area contributed by atoms with E-state index < -0.39 is 11.2 Å². The van der Waals surface area contributed by atoms with Crippen molar-refractivity contribution >= 4 is 12.0 Å². The van der Waals surface area contributed by atoms with Crippen LogP contribution < -0.4 is 11.2 Å². The fourth-order valence-electron chi connectivity index (χ4n) is 1.11. The van der Waals surface area contributed by atoms with Gasteiger partial charge in [-0.3, -0.25) is 14.6 Å². The number of amides is 1. The minimum absolute atomic E-state index is 0.231. The van der Waals surface area contributed by atoms with Gasteiger partial charge in [-0.1, -0.05) is 0 Å². The topological polar surface area (TPSA) is 86.0 Å². The molecule has 0 fully saturated rings. The third-order valence-electron chi connectivity index (χ3n) is 2.01. The van der Waals surface area contributed by atoms with Crippen LogP contribution in [0, 0.1) is 6.92 Å². The summed E-state index contributed by atoms with van der Waals surface area (Å²) in [7, 11) is 3.22. The van der Waals surface area contributed by atoms with Gasteiger partial charge in [0.1, 0.15) is 0 Å². The second-order valence-electron chi connectivity index (χ2n) is 3.51.